The Morgan fingerprint density at radius 3 is 2.50 bits per heavy atom. The van der Waals surface area contributed by atoms with Crippen LogP contribution in [0, 0.1) is 0 Å². The summed E-state index contributed by atoms with van der Waals surface area (Å²) in [5.41, 5.74) is -0.893. The van der Waals surface area contributed by atoms with Gasteiger partial charge in [0.2, 0.25) is 0 Å². The van der Waals surface area contributed by atoms with Gasteiger partial charge in [-0.2, -0.15) is 0 Å². The van der Waals surface area contributed by atoms with E-state index in [1.54, 1.807) is 20.8 Å². The number of carbonyl (C=O) groups is 2. The van der Waals surface area contributed by atoms with Crippen molar-refractivity contribution in [1.29, 1.82) is 0 Å². The largest absolute Gasteiger partial charge is 0.480 e. The van der Waals surface area contributed by atoms with Crippen LogP contribution in [0.3, 0.4) is 0 Å². The summed E-state index contributed by atoms with van der Waals surface area (Å²) < 4.78 is 7.38. The molecule has 32 heavy (non-hydrogen) atoms. The van der Waals surface area contributed by atoms with E-state index < -0.39 is 35.0 Å². The first kappa shape index (κ1) is 22.7. The number of alkyl carbamates (subject to hydrolysis) is 1. The third kappa shape index (κ3) is 4.82. The zero-order valence-corrected chi connectivity index (χ0v) is 18.0. The first-order chi connectivity index (χ1) is 15.0. The Labute approximate surface area is 182 Å². The van der Waals surface area contributed by atoms with E-state index in [0.717, 1.165) is 4.57 Å². The van der Waals surface area contributed by atoms with Crippen molar-refractivity contribution in [2.75, 3.05) is 0 Å². The fourth-order valence-corrected chi connectivity index (χ4v) is 3.05. The number of rotatable bonds is 5. The summed E-state index contributed by atoms with van der Waals surface area (Å²) in [7, 11) is 1.53. The van der Waals surface area contributed by atoms with Crippen LogP contribution in [-0.4, -0.2) is 47.9 Å². The van der Waals surface area contributed by atoms with E-state index in [9.17, 15) is 24.3 Å². The lowest BCUT2D eigenvalue weighted by atomic mass is 10.1. The number of amides is 1. The Bertz CT molecular complexity index is 1290. The van der Waals surface area contributed by atoms with Gasteiger partial charge in [-0.1, -0.05) is 0 Å². The summed E-state index contributed by atoms with van der Waals surface area (Å²) in [6, 6.07) is 3.23. The number of fused-ring (bicyclic) bond motifs is 1. The highest BCUT2D eigenvalue weighted by molar-refractivity contribution is 5.80. The predicted molar refractivity (Wildman–Crippen MR) is 115 cm³/mol. The number of hydrogen-bond acceptors (Lipinski definition) is 7. The number of pyridine rings is 2. The second-order valence-corrected chi connectivity index (χ2v) is 8.12. The minimum atomic E-state index is -1.27. The molecule has 11 heteroatoms. The van der Waals surface area contributed by atoms with Crippen molar-refractivity contribution in [3.63, 3.8) is 0 Å². The molecule has 0 aromatic carbocycles. The standard InChI is InChI=1S/C21H23N5O6/c1-21(2,3)32-19(30)24-15(18(28)29)9-12-5-6-13(10-23-12)26-17(27)14-7-8-22-11-16(14)25(4)20(26)31/h5-8,10-11,15H,9H2,1-4H3,(H,24,30)(H,28,29)/t15-/m0/s1. The van der Waals surface area contributed by atoms with Crippen LogP contribution in [0.25, 0.3) is 16.6 Å². The van der Waals surface area contributed by atoms with Gasteiger partial charge in [0.15, 0.2) is 0 Å². The number of nitrogens with one attached hydrogen (secondary N) is 1. The number of carbonyl (C=O) groups excluding carboxylic acids is 1. The summed E-state index contributed by atoms with van der Waals surface area (Å²) in [4.78, 5) is 57.2. The van der Waals surface area contributed by atoms with Gasteiger partial charge in [-0.3, -0.25) is 19.3 Å². The number of carboxylic acids is 1. The number of aryl methyl sites for hydroxylation is 1. The van der Waals surface area contributed by atoms with Crippen molar-refractivity contribution in [3.8, 4) is 5.69 Å². The summed E-state index contributed by atoms with van der Waals surface area (Å²) in [5, 5.41) is 12.0. The van der Waals surface area contributed by atoms with Crippen molar-refractivity contribution in [2.24, 2.45) is 7.05 Å². The fraction of sp³-hybridized carbons (Fsp3) is 0.333. The van der Waals surface area contributed by atoms with Gasteiger partial charge < -0.3 is 15.2 Å². The Morgan fingerprint density at radius 1 is 1.19 bits per heavy atom. The predicted octanol–water partition coefficient (Wildman–Crippen LogP) is 1.000. The topological polar surface area (TPSA) is 145 Å². The number of nitrogens with zero attached hydrogens (tertiary/aromatic N) is 4. The Balaban J connectivity index is 1.88. The first-order valence-corrected chi connectivity index (χ1v) is 9.71. The molecule has 168 valence electrons. The van der Waals surface area contributed by atoms with Crippen LogP contribution in [0.1, 0.15) is 26.5 Å². The zero-order valence-electron chi connectivity index (χ0n) is 18.0. The molecule has 3 aromatic heterocycles. The van der Waals surface area contributed by atoms with Gasteiger partial charge in [-0.15, -0.1) is 0 Å². The van der Waals surface area contributed by atoms with Gasteiger partial charge in [0.05, 0.1) is 29.0 Å². The summed E-state index contributed by atoms with van der Waals surface area (Å²) >= 11 is 0. The molecule has 0 aliphatic heterocycles. The molecular formula is C21H23N5O6. The molecule has 11 nitrogen and oxygen atoms in total. The molecule has 1 atom stereocenters. The van der Waals surface area contributed by atoms with E-state index in [4.69, 9.17) is 4.74 Å². The van der Waals surface area contributed by atoms with Crippen LogP contribution in [0.2, 0.25) is 0 Å². The van der Waals surface area contributed by atoms with E-state index in [-0.39, 0.29) is 12.1 Å². The minimum absolute atomic E-state index is 0.120. The van der Waals surface area contributed by atoms with Gasteiger partial charge in [0.1, 0.15) is 11.6 Å². The van der Waals surface area contributed by atoms with Crippen molar-refractivity contribution in [2.45, 2.75) is 38.8 Å². The van der Waals surface area contributed by atoms with E-state index in [2.05, 4.69) is 15.3 Å². The lowest BCUT2D eigenvalue weighted by Crippen LogP contribution is -2.44. The molecule has 3 rings (SSSR count). The van der Waals surface area contributed by atoms with E-state index in [1.807, 2.05) is 0 Å². The van der Waals surface area contributed by atoms with E-state index in [0.29, 0.717) is 16.6 Å². The molecule has 0 saturated carbocycles. The molecule has 0 radical (unpaired) electrons. The summed E-state index contributed by atoms with van der Waals surface area (Å²) in [6.45, 7) is 4.99. The average Bonchev–Trinajstić information content (AvgIpc) is 2.71. The number of ether oxygens (including phenoxy) is 1. The Morgan fingerprint density at radius 2 is 1.91 bits per heavy atom. The van der Waals surface area contributed by atoms with Crippen molar-refractivity contribution >= 4 is 23.0 Å². The second-order valence-electron chi connectivity index (χ2n) is 8.12. The summed E-state index contributed by atoms with van der Waals surface area (Å²) in [5.74, 6) is -1.25. The maximum absolute atomic E-state index is 12.8. The molecule has 3 aromatic rings. The van der Waals surface area contributed by atoms with Crippen LogP contribution >= 0.6 is 0 Å². The number of carboxylic acid groups (broad SMARTS) is 1. The molecule has 3 heterocycles. The normalized spacial score (nSPS) is 12.4. The number of aliphatic carboxylic acids is 1. The maximum Gasteiger partial charge on any atom is 0.408 e. The highest BCUT2D eigenvalue weighted by Crippen LogP contribution is 2.10. The van der Waals surface area contributed by atoms with Crippen molar-refractivity contribution < 1.29 is 19.4 Å². The second kappa shape index (κ2) is 8.61. The van der Waals surface area contributed by atoms with Crippen molar-refractivity contribution in [1.82, 2.24) is 24.4 Å². The van der Waals surface area contributed by atoms with Gasteiger partial charge in [-0.05, 0) is 39.0 Å². The molecule has 1 amide bonds. The lowest BCUT2D eigenvalue weighted by Gasteiger charge is -2.22. The Kier molecular flexibility index (Phi) is 6.10. The third-order valence-corrected chi connectivity index (χ3v) is 4.54. The SMILES string of the molecule is Cn1c(=O)n(-c2ccc(C[C@H](NC(=O)OC(C)(C)C)C(=O)O)nc2)c(=O)c2ccncc21. The zero-order chi connectivity index (χ0) is 23.6. The van der Waals surface area contributed by atoms with Gasteiger partial charge >= 0.3 is 17.8 Å². The fourth-order valence-electron chi connectivity index (χ4n) is 3.05. The van der Waals surface area contributed by atoms with Crippen LogP contribution in [0.15, 0.2) is 46.4 Å². The van der Waals surface area contributed by atoms with E-state index >= 15 is 0 Å². The molecule has 0 spiro atoms. The third-order valence-electron chi connectivity index (χ3n) is 4.54. The van der Waals surface area contributed by atoms with Gasteiger partial charge in [-0.25, -0.2) is 19.0 Å². The van der Waals surface area contributed by atoms with Crippen LogP contribution in [0.4, 0.5) is 4.79 Å². The van der Waals surface area contributed by atoms with Crippen LogP contribution < -0.4 is 16.6 Å². The molecular weight excluding hydrogens is 418 g/mol. The highest BCUT2D eigenvalue weighted by Gasteiger charge is 2.24. The number of hydrogen-bond donors (Lipinski definition) is 2. The average molecular weight is 441 g/mol. The smallest absolute Gasteiger partial charge is 0.408 e. The monoisotopic (exact) mass is 441 g/mol. The van der Waals surface area contributed by atoms with Crippen molar-refractivity contribution in [3.05, 3.63) is 63.3 Å². The number of aromatic nitrogens is 4. The minimum Gasteiger partial charge on any atom is -0.480 e. The Hall–Kier alpha value is -4.02. The molecule has 0 aliphatic rings. The van der Waals surface area contributed by atoms with Crippen LogP contribution in [-0.2, 0) is 23.0 Å². The maximum atomic E-state index is 12.8. The lowest BCUT2D eigenvalue weighted by molar-refractivity contribution is -0.139. The molecule has 0 saturated heterocycles. The summed E-state index contributed by atoms with van der Waals surface area (Å²) in [6.07, 6.45) is 3.22. The molecule has 0 bridgehead atoms. The van der Waals surface area contributed by atoms with Gasteiger partial charge in [0.25, 0.3) is 5.56 Å². The highest BCUT2D eigenvalue weighted by atomic mass is 16.6. The molecule has 0 unspecified atom stereocenters. The van der Waals surface area contributed by atoms with Crippen LogP contribution in [0.5, 0.6) is 0 Å². The molecule has 0 aliphatic carbocycles. The van der Waals surface area contributed by atoms with E-state index in [1.165, 1.54) is 48.4 Å². The first-order valence-electron chi connectivity index (χ1n) is 9.71. The van der Waals surface area contributed by atoms with Gasteiger partial charge in [0, 0.05) is 25.4 Å². The quantitative estimate of drug-likeness (QED) is 0.596. The molecule has 0 fully saturated rings. The molecule has 2 N–H and O–H groups in total.